The molecule has 1 amide bonds. The molecule has 0 radical (unpaired) electrons. The Morgan fingerprint density at radius 2 is 1.62 bits per heavy atom. The van der Waals surface area contributed by atoms with Gasteiger partial charge in [-0.1, -0.05) is 6.42 Å². The third-order valence-corrected chi connectivity index (χ3v) is 6.41. The quantitative estimate of drug-likeness (QED) is 0.833. The highest BCUT2D eigenvalue weighted by Gasteiger charge is 2.44. The van der Waals surface area contributed by atoms with Crippen molar-refractivity contribution in [2.75, 3.05) is 26.2 Å². The minimum atomic E-state index is -4.21. The molecule has 0 aromatic heterocycles. The average molecular weight is 347 g/mol. The third kappa shape index (κ3) is 3.57. The van der Waals surface area contributed by atoms with E-state index in [-0.39, 0.29) is 17.9 Å². The van der Waals surface area contributed by atoms with E-state index in [9.17, 15) is 18.0 Å². The number of piperazine rings is 1. The summed E-state index contributed by atoms with van der Waals surface area (Å²) in [6, 6.07) is -1.21. The molecule has 2 aliphatic carbocycles. The Bertz CT molecular complexity index is 448. The van der Waals surface area contributed by atoms with Crippen molar-refractivity contribution in [3.63, 3.8) is 0 Å². The molecule has 3 aliphatic rings. The molecule has 3 atom stereocenters. The van der Waals surface area contributed by atoms with E-state index >= 15 is 0 Å². The SMILES string of the molecule is CC(N1CCN(C(=O)C2CC3CCCC(C2)C3N)CC1)C(F)(F)F. The number of nitrogens with zero attached hydrogens (tertiary/aromatic N) is 2. The number of fused-ring (bicyclic) bond motifs is 2. The number of carbonyl (C=O) groups excluding carboxylic acids is 1. The maximum atomic E-state index is 12.8. The van der Waals surface area contributed by atoms with Gasteiger partial charge in [0, 0.05) is 38.1 Å². The van der Waals surface area contributed by atoms with Gasteiger partial charge >= 0.3 is 6.18 Å². The second-order valence-electron chi connectivity index (χ2n) is 7.78. The molecule has 0 aromatic rings. The van der Waals surface area contributed by atoms with Crippen LogP contribution in [0.15, 0.2) is 0 Å². The highest BCUT2D eigenvalue weighted by Crippen LogP contribution is 2.42. The van der Waals surface area contributed by atoms with Crippen molar-refractivity contribution in [2.24, 2.45) is 23.5 Å². The minimum Gasteiger partial charge on any atom is -0.340 e. The van der Waals surface area contributed by atoms with Crippen LogP contribution in [0.1, 0.15) is 39.0 Å². The Balaban J connectivity index is 1.54. The van der Waals surface area contributed by atoms with Crippen LogP contribution in [0.5, 0.6) is 0 Å². The fourth-order valence-electron chi connectivity index (χ4n) is 4.79. The van der Waals surface area contributed by atoms with Gasteiger partial charge in [-0.3, -0.25) is 9.69 Å². The van der Waals surface area contributed by atoms with Crippen molar-refractivity contribution in [3.8, 4) is 0 Å². The predicted octanol–water partition coefficient (Wildman–Crippen LogP) is 2.23. The highest BCUT2D eigenvalue weighted by atomic mass is 19.4. The summed E-state index contributed by atoms with van der Waals surface area (Å²) in [6.45, 7) is 2.59. The van der Waals surface area contributed by atoms with Crippen molar-refractivity contribution in [2.45, 2.75) is 57.3 Å². The van der Waals surface area contributed by atoms with Crippen LogP contribution in [0.4, 0.5) is 13.2 Å². The normalized spacial score (nSPS) is 36.5. The van der Waals surface area contributed by atoms with Crippen molar-refractivity contribution >= 4 is 5.91 Å². The Hall–Kier alpha value is -0.820. The van der Waals surface area contributed by atoms with E-state index in [0.29, 0.717) is 38.0 Å². The van der Waals surface area contributed by atoms with Crippen LogP contribution < -0.4 is 5.73 Å². The molecule has 1 heterocycles. The molecule has 2 bridgehead atoms. The number of amides is 1. The Labute approximate surface area is 141 Å². The molecule has 138 valence electrons. The zero-order valence-electron chi connectivity index (χ0n) is 14.3. The van der Waals surface area contributed by atoms with Crippen molar-refractivity contribution < 1.29 is 18.0 Å². The fourth-order valence-corrected chi connectivity index (χ4v) is 4.79. The van der Waals surface area contributed by atoms with Crippen LogP contribution in [-0.2, 0) is 4.79 Å². The largest absolute Gasteiger partial charge is 0.403 e. The van der Waals surface area contributed by atoms with Gasteiger partial charge in [0.2, 0.25) is 5.91 Å². The summed E-state index contributed by atoms with van der Waals surface area (Å²) in [7, 11) is 0. The smallest absolute Gasteiger partial charge is 0.340 e. The number of rotatable bonds is 2. The summed E-state index contributed by atoms with van der Waals surface area (Å²) in [5.41, 5.74) is 6.28. The summed E-state index contributed by atoms with van der Waals surface area (Å²) in [6.07, 6.45) is 0.934. The van der Waals surface area contributed by atoms with Crippen LogP contribution in [0.2, 0.25) is 0 Å². The highest BCUT2D eigenvalue weighted by molar-refractivity contribution is 5.79. The van der Waals surface area contributed by atoms with Gasteiger partial charge in [-0.15, -0.1) is 0 Å². The number of hydrogen-bond donors (Lipinski definition) is 1. The molecule has 24 heavy (non-hydrogen) atoms. The fraction of sp³-hybridized carbons (Fsp3) is 0.941. The maximum Gasteiger partial charge on any atom is 0.403 e. The average Bonchev–Trinajstić information content (AvgIpc) is 2.52. The van der Waals surface area contributed by atoms with Gasteiger partial charge in [-0.2, -0.15) is 13.2 Å². The molecule has 3 unspecified atom stereocenters. The Morgan fingerprint density at radius 3 is 2.12 bits per heavy atom. The third-order valence-electron chi connectivity index (χ3n) is 6.41. The molecule has 0 spiro atoms. The number of nitrogens with two attached hydrogens (primary N) is 1. The van der Waals surface area contributed by atoms with Crippen LogP contribution in [0, 0.1) is 17.8 Å². The standard InChI is InChI=1S/C17H28F3N3O/c1-11(17(18,19)20)22-5-7-23(8-6-22)16(24)14-9-12-3-2-4-13(10-14)15(12)21/h11-15H,2-10,21H2,1H3. The lowest BCUT2D eigenvalue weighted by Gasteiger charge is -2.45. The van der Waals surface area contributed by atoms with E-state index in [1.165, 1.54) is 18.2 Å². The summed E-state index contributed by atoms with van der Waals surface area (Å²) in [5.74, 6) is 1.04. The van der Waals surface area contributed by atoms with Crippen molar-refractivity contribution in [1.29, 1.82) is 0 Å². The molecule has 7 heteroatoms. The lowest BCUT2D eigenvalue weighted by Crippen LogP contribution is -2.56. The van der Waals surface area contributed by atoms with E-state index in [1.54, 1.807) is 4.90 Å². The topological polar surface area (TPSA) is 49.6 Å². The zero-order valence-corrected chi connectivity index (χ0v) is 14.3. The number of hydrogen-bond acceptors (Lipinski definition) is 3. The number of alkyl halides is 3. The molecule has 2 N–H and O–H groups in total. The van der Waals surface area contributed by atoms with Gasteiger partial charge in [0.05, 0.1) is 0 Å². The van der Waals surface area contributed by atoms with Crippen LogP contribution in [-0.4, -0.2) is 60.1 Å². The van der Waals surface area contributed by atoms with Crippen LogP contribution in [0.3, 0.4) is 0 Å². The maximum absolute atomic E-state index is 12.8. The molecule has 0 aromatic carbocycles. The molecule has 1 saturated heterocycles. The molecular weight excluding hydrogens is 319 g/mol. The first kappa shape index (κ1) is 18.0. The van der Waals surface area contributed by atoms with Gasteiger partial charge in [0.1, 0.15) is 6.04 Å². The van der Waals surface area contributed by atoms with Crippen LogP contribution in [0.25, 0.3) is 0 Å². The van der Waals surface area contributed by atoms with Crippen LogP contribution >= 0.6 is 0 Å². The molecule has 2 saturated carbocycles. The molecule has 3 fully saturated rings. The second kappa shape index (κ2) is 6.83. The second-order valence-corrected chi connectivity index (χ2v) is 7.78. The monoisotopic (exact) mass is 347 g/mol. The first-order valence-electron chi connectivity index (χ1n) is 9.12. The van der Waals surface area contributed by atoms with Crippen molar-refractivity contribution in [3.05, 3.63) is 0 Å². The van der Waals surface area contributed by atoms with Gasteiger partial charge in [0.25, 0.3) is 0 Å². The molecular formula is C17H28F3N3O. The van der Waals surface area contributed by atoms with Gasteiger partial charge in [-0.25, -0.2) is 0 Å². The van der Waals surface area contributed by atoms with Gasteiger partial charge in [-0.05, 0) is 44.4 Å². The first-order chi connectivity index (χ1) is 11.3. The summed E-state index contributed by atoms with van der Waals surface area (Å²) in [5, 5.41) is 0. The van der Waals surface area contributed by atoms with Crippen molar-refractivity contribution in [1.82, 2.24) is 9.80 Å². The summed E-state index contributed by atoms with van der Waals surface area (Å²) < 4.78 is 38.4. The predicted molar refractivity (Wildman–Crippen MR) is 85.2 cm³/mol. The summed E-state index contributed by atoms with van der Waals surface area (Å²) in [4.78, 5) is 16.0. The molecule has 3 rings (SSSR count). The minimum absolute atomic E-state index is 0.0201. The zero-order chi connectivity index (χ0) is 17.5. The molecule has 1 aliphatic heterocycles. The number of carbonyl (C=O) groups is 1. The lowest BCUT2D eigenvalue weighted by molar-refractivity contribution is -0.183. The van der Waals surface area contributed by atoms with E-state index < -0.39 is 12.2 Å². The number of halogens is 3. The van der Waals surface area contributed by atoms with E-state index in [0.717, 1.165) is 25.7 Å². The van der Waals surface area contributed by atoms with Gasteiger partial charge in [0.15, 0.2) is 0 Å². The van der Waals surface area contributed by atoms with Gasteiger partial charge < -0.3 is 10.6 Å². The lowest BCUT2D eigenvalue weighted by atomic mass is 9.65. The molecule has 4 nitrogen and oxygen atoms in total. The Morgan fingerprint density at radius 1 is 1.08 bits per heavy atom. The summed E-state index contributed by atoms with van der Waals surface area (Å²) >= 11 is 0. The Kier molecular flexibility index (Phi) is 5.12. The van der Waals surface area contributed by atoms with E-state index in [1.807, 2.05) is 0 Å². The van der Waals surface area contributed by atoms with E-state index in [4.69, 9.17) is 5.73 Å². The van der Waals surface area contributed by atoms with E-state index in [2.05, 4.69) is 0 Å². The first-order valence-corrected chi connectivity index (χ1v) is 9.12.